The third-order valence-corrected chi connectivity index (χ3v) is 3.62. The van der Waals surface area contributed by atoms with Crippen molar-refractivity contribution in [1.82, 2.24) is 9.55 Å². The molecule has 0 amide bonds. The quantitative estimate of drug-likeness (QED) is 0.725. The van der Waals surface area contributed by atoms with Crippen LogP contribution in [-0.2, 0) is 6.54 Å². The molecular weight excluding hydrogens is 281 g/mol. The molecular formula is C11H10AsN3O2. The average Bonchev–Trinajstić information content (AvgIpc) is 2.79. The van der Waals surface area contributed by atoms with Crippen molar-refractivity contribution in [1.29, 1.82) is 0 Å². The van der Waals surface area contributed by atoms with Crippen LogP contribution in [0.3, 0.4) is 0 Å². The first-order valence-electron chi connectivity index (χ1n) is 5.26. The van der Waals surface area contributed by atoms with Crippen LogP contribution in [0.1, 0.15) is 0 Å². The summed E-state index contributed by atoms with van der Waals surface area (Å²) in [5, 5.41) is 3.31. The average molecular weight is 291 g/mol. The van der Waals surface area contributed by atoms with E-state index in [1.165, 1.54) is 13.2 Å². The van der Waals surface area contributed by atoms with E-state index in [1.807, 2.05) is 0 Å². The molecule has 17 heavy (non-hydrogen) atoms. The van der Waals surface area contributed by atoms with Gasteiger partial charge in [0.15, 0.2) is 0 Å². The minimum atomic E-state index is -0.137. The molecule has 0 saturated heterocycles. The van der Waals surface area contributed by atoms with Crippen LogP contribution in [0, 0.1) is 0 Å². The summed E-state index contributed by atoms with van der Waals surface area (Å²) in [5.41, 5.74) is 1.41. The van der Waals surface area contributed by atoms with Gasteiger partial charge < -0.3 is 0 Å². The van der Waals surface area contributed by atoms with Crippen LogP contribution in [0.5, 0.6) is 5.75 Å². The zero-order chi connectivity index (χ0) is 12.0. The standard InChI is InChI=1S/C11H10AsN3O2/c1-17-9-7(16)3-2-6-8(9)14-11(12)15-5-4-13-10(6)15/h2-3,13H,4-5H2,1H3. The van der Waals surface area contributed by atoms with Gasteiger partial charge in [0.25, 0.3) is 0 Å². The van der Waals surface area contributed by atoms with E-state index in [2.05, 4.69) is 31.7 Å². The molecule has 0 spiro atoms. The molecule has 1 N–H and O–H groups in total. The normalized spacial score (nSPS) is 13.5. The van der Waals surface area contributed by atoms with Gasteiger partial charge in [-0.1, -0.05) is 0 Å². The van der Waals surface area contributed by atoms with Crippen molar-refractivity contribution < 1.29 is 4.74 Å². The van der Waals surface area contributed by atoms with Gasteiger partial charge in [0.05, 0.1) is 0 Å². The molecule has 1 aliphatic carbocycles. The maximum atomic E-state index is 11.7. The number of ether oxygens (including phenoxy) is 1. The van der Waals surface area contributed by atoms with Crippen LogP contribution >= 0.6 is 0 Å². The number of fused-ring (bicyclic) bond motifs is 3. The Morgan fingerprint density at radius 1 is 1.53 bits per heavy atom. The molecule has 0 atom stereocenters. The summed E-state index contributed by atoms with van der Waals surface area (Å²) in [6, 6.07) is 3.32. The second-order valence-corrected chi connectivity index (χ2v) is 4.67. The third kappa shape index (κ3) is 1.46. The molecule has 2 radical (unpaired) electrons. The zero-order valence-electron chi connectivity index (χ0n) is 9.23. The number of methoxy groups -OCH3 is 1. The molecule has 0 saturated carbocycles. The van der Waals surface area contributed by atoms with Crippen LogP contribution < -0.4 is 20.1 Å². The Morgan fingerprint density at radius 2 is 2.35 bits per heavy atom. The molecule has 5 nitrogen and oxygen atoms in total. The predicted molar refractivity (Wildman–Crippen MR) is 65.5 cm³/mol. The Labute approximate surface area is 107 Å². The Bertz CT molecular complexity index is 623. The fourth-order valence-corrected chi connectivity index (χ4v) is 2.78. The SMILES string of the molecule is COc1c2nc([As])n3c(c-2ccc1=O)NCC3. The van der Waals surface area contributed by atoms with Crippen molar-refractivity contribution in [2.75, 3.05) is 19.0 Å². The van der Waals surface area contributed by atoms with Crippen molar-refractivity contribution >= 4 is 27.3 Å². The molecule has 0 aromatic rings. The maximum absolute atomic E-state index is 11.7. The van der Waals surface area contributed by atoms with Gasteiger partial charge in [-0.3, -0.25) is 0 Å². The first-order valence-corrected chi connectivity index (χ1v) is 6.20. The van der Waals surface area contributed by atoms with Crippen LogP contribution in [0.4, 0.5) is 5.82 Å². The Kier molecular flexibility index (Phi) is 2.37. The summed E-state index contributed by atoms with van der Waals surface area (Å²) in [6.07, 6.45) is 0. The molecule has 3 aliphatic rings. The zero-order valence-corrected chi connectivity index (χ0v) is 11.1. The summed E-state index contributed by atoms with van der Waals surface area (Å²) < 4.78 is 8.07. The van der Waals surface area contributed by atoms with Gasteiger partial charge in [0.2, 0.25) is 0 Å². The van der Waals surface area contributed by atoms with E-state index >= 15 is 0 Å². The molecule has 0 unspecified atom stereocenters. The number of hydrogen-bond donors (Lipinski definition) is 1. The van der Waals surface area contributed by atoms with Gasteiger partial charge >= 0.3 is 106 Å². The van der Waals surface area contributed by atoms with Crippen molar-refractivity contribution in [2.24, 2.45) is 0 Å². The van der Waals surface area contributed by atoms with Gasteiger partial charge in [-0.05, 0) is 0 Å². The fourth-order valence-electron chi connectivity index (χ4n) is 2.15. The van der Waals surface area contributed by atoms with Crippen LogP contribution in [0.25, 0.3) is 11.3 Å². The van der Waals surface area contributed by atoms with Crippen LogP contribution in [-0.4, -0.2) is 40.1 Å². The fraction of sp³-hybridized carbons (Fsp3) is 0.273. The summed E-state index contributed by atoms with van der Waals surface area (Å²) >= 11 is 2.43. The number of nitrogens with one attached hydrogen (secondary N) is 1. The van der Waals surface area contributed by atoms with E-state index in [4.69, 9.17) is 4.74 Å². The molecule has 2 heterocycles. The molecule has 0 fully saturated rings. The third-order valence-electron chi connectivity index (χ3n) is 2.91. The molecule has 3 rings (SSSR count). The van der Waals surface area contributed by atoms with Gasteiger partial charge in [0.1, 0.15) is 0 Å². The van der Waals surface area contributed by atoms with E-state index in [9.17, 15) is 4.79 Å². The summed E-state index contributed by atoms with van der Waals surface area (Å²) in [4.78, 5) is 16.1. The molecule has 6 heteroatoms. The Morgan fingerprint density at radius 3 is 3.12 bits per heavy atom. The molecule has 86 valence electrons. The van der Waals surface area contributed by atoms with Crippen LogP contribution in [0.15, 0.2) is 16.9 Å². The Balaban J connectivity index is 2.42. The number of hydrogen-bond acceptors (Lipinski definition) is 4. The van der Waals surface area contributed by atoms with Crippen molar-refractivity contribution in [3.63, 3.8) is 0 Å². The summed E-state index contributed by atoms with van der Waals surface area (Å²) in [6.45, 7) is 1.77. The number of benzene rings is 1. The van der Waals surface area contributed by atoms with Gasteiger partial charge in [-0.25, -0.2) is 0 Å². The number of rotatable bonds is 1. The van der Waals surface area contributed by atoms with E-state index in [0.29, 0.717) is 11.4 Å². The molecule has 2 aliphatic heterocycles. The molecule has 0 aromatic carbocycles. The summed E-state index contributed by atoms with van der Waals surface area (Å²) in [5.74, 6) is 1.32. The Hall–Kier alpha value is -1.48. The van der Waals surface area contributed by atoms with E-state index in [1.54, 1.807) is 6.07 Å². The van der Waals surface area contributed by atoms with Crippen LogP contribution in [0.2, 0.25) is 0 Å². The van der Waals surface area contributed by atoms with Crippen molar-refractivity contribution in [3.05, 3.63) is 22.4 Å². The van der Waals surface area contributed by atoms with Gasteiger partial charge in [-0.2, -0.15) is 0 Å². The number of nitrogens with zero attached hydrogens (tertiary/aromatic N) is 2. The minimum absolute atomic E-state index is 0.137. The van der Waals surface area contributed by atoms with E-state index in [-0.39, 0.29) is 5.43 Å². The second-order valence-electron chi connectivity index (χ2n) is 3.83. The topological polar surface area (TPSA) is 56.2 Å². The van der Waals surface area contributed by atoms with Crippen molar-refractivity contribution in [3.8, 4) is 17.0 Å². The monoisotopic (exact) mass is 291 g/mol. The molecule has 0 aromatic heterocycles. The van der Waals surface area contributed by atoms with Gasteiger partial charge in [0, 0.05) is 0 Å². The second kappa shape index (κ2) is 3.77. The van der Waals surface area contributed by atoms with E-state index in [0.717, 1.165) is 29.1 Å². The van der Waals surface area contributed by atoms with Crippen molar-refractivity contribution in [2.45, 2.75) is 6.54 Å². The summed E-state index contributed by atoms with van der Waals surface area (Å²) in [7, 11) is 1.50. The molecule has 0 bridgehead atoms. The number of anilines is 1. The first-order chi connectivity index (χ1) is 8.22. The number of aromatic nitrogens is 2. The van der Waals surface area contributed by atoms with E-state index < -0.39 is 0 Å². The predicted octanol–water partition coefficient (Wildman–Crippen LogP) is -0.424. The first kappa shape index (κ1) is 10.7. The van der Waals surface area contributed by atoms with Gasteiger partial charge in [-0.15, -0.1) is 0 Å².